The van der Waals surface area contributed by atoms with Crippen molar-refractivity contribution in [1.29, 1.82) is 0 Å². The second-order valence-electron chi connectivity index (χ2n) is 5.35. The molecule has 0 aliphatic rings. The monoisotopic (exact) mass is 302 g/mol. The first-order valence-corrected chi connectivity index (χ1v) is 7.37. The molecule has 114 valence electrons. The molecule has 0 fully saturated rings. The number of hydrogen-bond donors (Lipinski definition) is 2. The third-order valence-electron chi connectivity index (χ3n) is 3.63. The first-order valence-electron chi connectivity index (χ1n) is 7.37. The molecule has 0 aliphatic heterocycles. The van der Waals surface area contributed by atoms with Crippen LogP contribution in [0, 0.1) is 6.92 Å². The Morgan fingerprint density at radius 3 is 2.30 bits per heavy atom. The van der Waals surface area contributed by atoms with Gasteiger partial charge in [0.05, 0.1) is 11.4 Å². The fraction of sp³-hybridized carbons (Fsp3) is 0.0526. The van der Waals surface area contributed by atoms with E-state index in [1.807, 2.05) is 67.6 Å². The van der Waals surface area contributed by atoms with Gasteiger partial charge in [-0.1, -0.05) is 36.4 Å². The minimum Gasteiger partial charge on any atom is -0.399 e. The van der Waals surface area contributed by atoms with Gasteiger partial charge >= 0.3 is 0 Å². The summed E-state index contributed by atoms with van der Waals surface area (Å²) in [4.78, 5) is 0. The molecule has 4 heteroatoms. The van der Waals surface area contributed by atoms with Gasteiger partial charge in [0.1, 0.15) is 0 Å². The van der Waals surface area contributed by atoms with Gasteiger partial charge in [-0.3, -0.25) is 0 Å². The van der Waals surface area contributed by atoms with Gasteiger partial charge in [0.25, 0.3) is 0 Å². The van der Waals surface area contributed by atoms with Crippen molar-refractivity contribution in [1.82, 2.24) is 0 Å². The number of azo groups is 1. The molecule has 0 heterocycles. The summed E-state index contributed by atoms with van der Waals surface area (Å²) in [6.07, 6.45) is 0. The van der Waals surface area contributed by atoms with Gasteiger partial charge in [-0.15, -0.1) is 5.11 Å². The SMILES string of the molecule is Cc1cccc(N=Nc2ccccc2)c1-c1ccc(N)cc1N. The Bertz CT molecular complexity index is 854. The minimum absolute atomic E-state index is 0.635. The molecule has 4 N–H and O–H groups in total. The Morgan fingerprint density at radius 1 is 0.783 bits per heavy atom. The van der Waals surface area contributed by atoms with Crippen molar-refractivity contribution in [3.8, 4) is 11.1 Å². The molecule has 0 unspecified atom stereocenters. The second-order valence-corrected chi connectivity index (χ2v) is 5.35. The van der Waals surface area contributed by atoms with E-state index >= 15 is 0 Å². The lowest BCUT2D eigenvalue weighted by molar-refractivity contribution is 1.22. The predicted molar refractivity (Wildman–Crippen MR) is 96.1 cm³/mol. The number of benzene rings is 3. The molecule has 0 radical (unpaired) electrons. The summed E-state index contributed by atoms with van der Waals surface area (Å²) in [6, 6.07) is 21.1. The largest absolute Gasteiger partial charge is 0.399 e. The fourth-order valence-corrected chi connectivity index (χ4v) is 2.50. The number of aryl methyl sites for hydroxylation is 1. The van der Waals surface area contributed by atoms with Gasteiger partial charge in [-0.05, 0) is 42.8 Å². The average Bonchev–Trinajstić information content (AvgIpc) is 2.55. The number of nitrogens with two attached hydrogens (primary N) is 2. The highest BCUT2D eigenvalue weighted by atomic mass is 15.1. The normalized spacial score (nSPS) is 11.0. The zero-order valence-corrected chi connectivity index (χ0v) is 12.9. The van der Waals surface area contributed by atoms with E-state index in [1.54, 1.807) is 6.07 Å². The first kappa shape index (κ1) is 14.8. The van der Waals surface area contributed by atoms with Crippen LogP contribution < -0.4 is 11.5 Å². The number of rotatable bonds is 3. The fourth-order valence-electron chi connectivity index (χ4n) is 2.50. The van der Waals surface area contributed by atoms with Gasteiger partial charge in [0.2, 0.25) is 0 Å². The number of nitrogens with zero attached hydrogens (tertiary/aromatic N) is 2. The summed E-state index contributed by atoms with van der Waals surface area (Å²) < 4.78 is 0. The molecule has 3 aromatic rings. The van der Waals surface area contributed by atoms with Crippen molar-refractivity contribution in [2.75, 3.05) is 11.5 Å². The van der Waals surface area contributed by atoms with E-state index in [2.05, 4.69) is 10.2 Å². The van der Waals surface area contributed by atoms with Gasteiger partial charge in [0.15, 0.2) is 0 Å². The van der Waals surface area contributed by atoms with Crippen LogP contribution in [0.15, 0.2) is 77.0 Å². The highest BCUT2D eigenvalue weighted by Crippen LogP contribution is 2.38. The van der Waals surface area contributed by atoms with Gasteiger partial charge in [-0.25, -0.2) is 0 Å². The molecular formula is C19H18N4. The molecule has 3 aromatic carbocycles. The molecule has 0 atom stereocenters. The van der Waals surface area contributed by atoms with E-state index in [-0.39, 0.29) is 0 Å². The Morgan fingerprint density at radius 2 is 1.57 bits per heavy atom. The Balaban J connectivity index is 2.09. The Labute approximate surface area is 135 Å². The Kier molecular flexibility index (Phi) is 4.06. The summed E-state index contributed by atoms with van der Waals surface area (Å²) in [5.41, 5.74) is 17.8. The third-order valence-corrected chi connectivity index (χ3v) is 3.63. The lowest BCUT2D eigenvalue weighted by atomic mass is 9.97. The molecule has 0 saturated carbocycles. The highest BCUT2D eigenvalue weighted by molar-refractivity contribution is 5.87. The van der Waals surface area contributed by atoms with E-state index < -0.39 is 0 Å². The van der Waals surface area contributed by atoms with Crippen LogP contribution >= 0.6 is 0 Å². The molecule has 0 aliphatic carbocycles. The Hall–Kier alpha value is -3.14. The molecule has 0 saturated heterocycles. The number of hydrogen-bond acceptors (Lipinski definition) is 4. The topological polar surface area (TPSA) is 76.8 Å². The molecule has 3 rings (SSSR count). The van der Waals surface area contributed by atoms with Crippen LogP contribution in [-0.2, 0) is 0 Å². The summed E-state index contributed by atoms with van der Waals surface area (Å²) in [5.74, 6) is 0. The van der Waals surface area contributed by atoms with Crippen molar-refractivity contribution in [3.63, 3.8) is 0 Å². The zero-order valence-electron chi connectivity index (χ0n) is 12.9. The maximum atomic E-state index is 6.15. The summed E-state index contributed by atoms with van der Waals surface area (Å²) in [6.45, 7) is 2.03. The van der Waals surface area contributed by atoms with Crippen LogP contribution in [0.4, 0.5) is 22.7 Å². The van der Waals surface area contributed by atoms with E-state index in [0.717, 1.165) is 28.1 Å². The van der Waals surface area contributed by atoms with E-state index in [0.29, 0.717) is 11.4 Å². The first-order chi connectivity index (χ1) is 11.1. The molecule has 23 heavy (non-hydrogen) atoms. The summed E-state index contributed by atoms with van der Waals surface area (Å²) >= 11 is 0. The maximum Gasteiger partial charge on any atom is 0.0938 e. The van der Waals surface area contributed by atoms with E-state index in [9.17, 15) is 0 Å². The van der Waals surface area contributed by atoms with E-state index in [1.165, 1.54) is 0 Å². The third kappa shape index (κ3) is 3.21. The van der Waals surface area contributed by atoms with Crippen LogP contribution in [-0.4, -0.2) is 0 Å². The van der Waals surface area contributed by atoms with Crippen molar-refractivity contribution < 1.29 is 0 Å². The quantitative estimate of drug-likeness (QED) is 0.512. The molecular weight excluding hydrogens is 284 g/mol. The second kappa shape index (κ2) is 6.32. The van der Waals surface area contributed by atoms with Gasteiger partial charge < -0.3 is 11.5 Å². The van der Waals surface area contributed by atoms with Crippen LogP contribution in [0.1, 0.15) is 5.56 Å². The maximum absolute atomic E-state index is 6.15. The summed E-state index contributed by atoms with van der Waals surface area (Å²) in [5, 5.41) is 8.73. The van der Waals surface area contributed by atoms with Gasteiger partial charge in [-0.2, -0.15) is 5.11 Å². The standard InChI is InChI=1S/C19H18N4/c1-13-6-5-9-18(23-22-15-7-3-2-4-8-15)19(13)16-11-10-14(20)12-17(16)21/h2-12H,20-21H2,1H3. The smallest absolute Gasteiger partial charge is 0.0938 e. The van der Waals surface area contributed by atoms with Crippen LogP contribution in [0.2, 0.25) is 0 Å². The van der Waals surface area contributed by atoms with Crippen LogP contribution in [0.5, 0.6) is 0 Å². The molecule has 0 aromatic heterocycles. The molecule has 0 spiro atoms. The number of anilines is 2. The van der Waals surface area contributed by atoms with Crippen molar-refractivity contribution in [2.45, 2.75) is 6.92 Å². The van der Waals surface area contributed by atoms with Crippen molar-refractivity contribution in [2.24, 2.45) is 10.2 Å². The lowest BCUT2D eigenvalue weighted by Crippen LogP contribution is -1.94. The lowest BCUT2D eigenvalue weighted by Gasteiger charge is -2.12. The molecule has 0 bridgehead atoms. The van der Waals surface area contributed by atoms with Crippen molar-refractivity contribution >= 4 is 22.7 Å². The molecule has 0 amide bonds. The molecule has 4 nitrogen and oxygen atoms in total. The van der Waals surface area contributed by atoms with Gasteiger partial charge in [0, 0.05) is 22.5 Å². The van der Waals surface area contributed by atoms with Crippen LogP contribution in [0.3, 0.4) is 0 Å². The number of nitrogen functional groups attached to an aromatic ring is 2. The summed E-state index contributed by atoms with van der Waals surface area (Å²) in [7, 11) is 0. The highest BCUT2D eigenvalue weighted by Gasteiger charge is 2.11. The van der Waals surface area contributed by atoms with E-state index in [4.69, 9.17) is 11.5 Å². The average molecular weight is 302 g/mol. The van der Waals surface area contributed by atoms with Crippen molar-refractivity contribution in [3.05, 3.63) is 72.3 Å². The van der Waals surface area contributed by atoms with Crippen LogP contribution in [0.25, 0.3) is 11.1 Å². The minimum atomic E-state index is 0.635. The predicted octanol–water partition coefficient (Wildman–Crippen LogP) is 5.24. The zero-order chi connectivity index (χ0) is 16.2.